The van der Waals surface area contributed by atoms with Crippen LogP contribution in [0.25, 0.3) is 6.08 Å². The molecule has 0 unspecified atom stereocenters. The maximum atomic E-state index is 12.3. The van der Waals surface area contributed by atoms with E-state index in [1.807, 2.05) is 0 Å². The average molecular weight is 389 g/mol. The molecule has 1 heterocycles. The minimum absolute atomic E-state index is 0.0411. The van der Waals surface area contributed by atoms with Crippen molar-refractivity contribution in [1.29, 1.82) is 0 Å². The van der Waals surface area contributed by atoms with Crippen molar-refractivity contribution >= 4 is 23.6 Å². The predicted octanol–water partition coefficient (Wildman–Crippen LogP) is 3.80. The van der Waals surface area contributed by atoms with Crippen LogP contribution in [0.5, 0.6) is 17.2 Å². The van der Waals surface area contributed by atoms with Crippen LogP contribution in [0.2, 0.25) is 0 Å². The highest BCUT2D eigenvalue weighted by Gasteiger charge is 2.15. The second-order valence-corrected chi connectivity index (χ2v) is 5.91. The van der Waals surface area contributed by atoms with Gasteiger partial charge in [-0.25, -0.2) is 4.79 Å². The molecule has 0 atom stereocenters. The third kappa shape index (κ3) is 4.85. The number of fused-ring (bicyclic) bond motifs is 1. The van der Waals surface area contributed by atoms with E-state index in [-0.39, 0.29) is 17.4 Å². The average Bonchev–Trinajstić information content (AvgIpc) is 2.67. The van der Waals surface area contributed by atoms with Gasteiger partial charge in [-0.15, -0.1) is 0 Å². The number of anilines is 1. The molecular weight excluding hydrogens is 372 g/mol. The molecule has 0 saturated heterocycles. The van der Waals surface area contributed by atoms with E-state index < -0.39 is 12.6 Å². The van der Waals surface area contributed by atoms with E-state index in [2.05, 4.69) is 10.1 Å². The Morgan fingerprint density at radius 2 is 1.96 bits per heavy atom. The summed E-state index contributed by atoms with van der Waals surface area (Å²) in [5, 5.41) is 2.75. The van der Waals surface area contributed by atoms with Crippen molar-refractivity contribution in [3.05, 3.63) is 53.6 Å². The van der Waals surface area contributed by atoms with Crippen LogP contribution >= 0.6 is 0 Å². The number of carbonyl (C=O) groups is 2. The van der Waals surface area contributed by atoms with Gasteiger partial charge in [-0.2, -0.15) is 8.78 Å². The minimum atomic E-state index is -2.96. The van der Waals surface area contributed by atoms with Gasteiger partial charge in [0, 0.05) is 18.2 Å². The number of hydrogen-bond acceptors (Lipinski definition) is 5. The lowest BCUT2D eigenvalue weighted by atomic mass is 10.0. The number of halogens is 2. The number of esters is 1. The number of aryl methyl sites for hydroxylation is 1. The number of methoxy groups -OCH3 is 1. The van der Waals surface area contributed by atoms with Crippen LogP contribution in [0.1, 0.15) is 17.5 Å². The Hall–Kier alpha value is -3.42. The van der Waals surface area contributed by atoms with Crippen LogP contribution in [-0.4, -0.2) is 25.6 Å². The molecule has 0 fully saturated rings. The molecule has 1 aliphatic rings. The third-order valence-electron chi connectivity index (χ3n) is 4.01. The van der Waals surface area contributed by atoms with Crippen LogP contribution in [-0.2, 0) is 16.0 Å². The number of alkyl halides is 2. The number of ether oxygens (including phenoxy) is 3. The molecule has 0 spiro atoms. The lowest BCUT2D eigenvalue weighted by Crippen LogP contribution is -2.19. The summed E-state index contributed by atoms with van der Waals surface area (Å²) in [6.45, 7) is -2.96. The normalized spacial score (nSPS) is 13.2. The molecule has 1 N–H and O–H groups in total. The van der Waals surface area contributed by atoms with E-state index in [1.54, 1.807) is 18.2 Å². The second kappa shape index (κ2) is 8.51. The molecule has 2 aromatic carbocycles. The molecule has 0 radical (unpaired) electrons. The fraction of sp³-hybridized carbons (Fsp3) is 0.200. The maximum Gasteiger partial charge on any atom is 0.387 e. The van der Waals surface area contributed by atoms with E-state index >= 15 is 0 Å². The van der Waals surface area contributed by atoms with Gasteiger partial charge >= 0.3 is 12.6 Å². The van der Waals surface area contributed by atoms with Crippen LogP contribution in [0.3, 0.4) is 0 Å². The van der Waals surface area contributed by atoms with Crippen molar-refractivity contribution < 1.29 is 32.6 Å². The van der Waals surface area contributed by atoms with Gasteiger partial charge in [-0.3, -0.25) is 4.79 Å². The van der Waals surface area contributed by atoms with Crippen molar-refractivity contribution in [1.82, 2.24) is 0 Å². The number of nitrogens with one attached hydrogen (secondary N) is 1. The minimum Gasteiger partial charge on any atom is -0.493 e. The van der Waals surface area contributed by atoms with Crippen molar-refractivity contribution in [2.45, 2.75) is 19.5 Å². The van der Waals surface area contributed by atoms with Gasteiger partial charge in [-0.05, 0) is 54.0 Å². The Labute approximate surface area is 159 Å². The number of benzene rings is 2. The molecule has 28 heavy (non-hydrogen) atoms. The molecule has 0 saturated carbocycles. The van der Waals surface area contributed by atoms with E-state index in [9.17, 15) is 18.4 Å². The van der Waals surface area contributed by atoms with E-state index in [0.29, 0.717) is 29.8 Å². The monoisotopic (exact) mass is 389 g/mol. The zero-order valence-electron chi connectivity index (χ0n) is 14.9. The largest absolute Gasteiger partial charge is 0.493 e. The smallest absolute Gasteiger partial charge is 0.387 e. The Balaban J connectivity index is 1.66. The summed E-state index contributed by atoms with van der Waals surface area (Å²) in [5.41, 5.74) is 2.15. The van der Waals surface area contributed by atoms with Gasteiger partial charge in [0.1, 0.15) is 5.75 Å². The van der Waals surface area contributed by atoms with E-state index in [4.69, 9.17) is 9.47 Å². The highest BCUT2D eigenvalue weighted by Crippen LogP contribution is 2.30. The van der Waals surface area contributed by atoms with Crippen LogP contribution < -0.4 is 19.5 Å². The van der Waals surface area contributed by atoms with Crippen LogP contribution in [0, 0.1) is 0 Å². The molecule has 3 rings (SSSR count). The molecule has 6 nitrogen and oxygen atoms in total. The van der Waals surface area contributed by atoms with Gasteiger partial charge in [0.05, 0.1) is 7.11 Å². The van der Waals surface area contributed by atoms with Crippen LogP contribution in [0.15, 0.2) is 42.5 Å². The van der Waals surface area contributed by atoms with Gasteiger partial charge in [0.25, 0.3) is 0 Å². The Bertz CT molecular complexity index is 927. The van der Waals surface area contributed by atoms with Gasteiger partial charge in [-0.1, -0.05) is 6.07 Å². The Kier molecular flexibility index (Phi) is 5.88. The molecule has 0 aromatic heterocycles. The topological polar surface area (TPSA) is 73.9 Å². The Morgan fingerprint density at radius 3 is 2.71 bits per heavy atom. The summed E-state index contributed by atoms with van der Waals surface area (Å²) in [6, 6.07) is 9.28. The molecule has 1 aliphatic heterocycles. The number of rotatable bonds is 6. The van der Waals surface area contributed by atoms with Crippen molar-refractivity contribution in [3.8, 4) is 17.2 Å². The molecule has 8 heteroatoms. The zero-order valence-corrected chi connectivity index (χ0v) is 14.9. The molecule has 146 valence electrons. The quantitative estimate of drug-likeness (QED) is 0.462. The second-order valence-electron chi connectivity index (χ2n) is 5.91. The fourth-order valence-electron chi connectivity index (χ4n) is 2.72. The first-order valence-electron chi connectivity index (χ1n) is 8.40. The Morgan fingerprint density at radius 1 is 1.14 bits per heavy atom. The SMILES string of the molecule is COc1cc(/C=C/C(=O)Oc2ccc3c(c2)CCC(=O)N3)ccc1OC(F)F. The number of carbonyl (C=O) groups excluding carboxylic acids is 2. The summed E-state index contributed by atoms with van der Waals surface area (Å²) in [4.78, 5) is 23.4. The van der Waals surface area contributed by atoms with Crippen molar-refractivity contribution in [3.63, 3.8) is 0 Å². The van der Waals surface area contributed by atoms with E-state index in [0.717, 1.165) is 5.56 Å². The third-order valence-corrected chi connectivity index (χ3v) is 4.01. The summed E-state index contributed by atoms with van der Waals surface area (Å²) in [7, 11) is 1.33. The number of hydrogen-bond donors (Lipinski definition) is 1. The predicted molar refractivity (Wildman–Crippen MR) is 97.7 cm³/mol. The van der Waals surface area contributed by atoms with E-state index in [1.165, 1.54) is 37.5 Å². The van der Waals surface area contributed by atoms with Crippen LogP contribution in [0.4, 0.5) is 14.5 Å². The first kappa shape index (κ1) is 19.3. The van der Waals surface area contributed by atoms with Gasteiger partial charge < -0.3 is 19.5 Å². The lowest BCUT2D eigenvalue weighted by Gasteiger charge is -2.17. The maximum absolute atomic E-state index is 12.3. The lowest BCUT2D eigenvalue weighted by molar-refractivity contribution is -0.129. The van der Waals surface area contributed by atoms with Gasteiger partial charge in [0.15, 0.2) is 11.5 Å². The number of amides is 1. The standard InChI is InChI=1S/C20H17F2NO5/c1-26-17-10-12(2-7-16(17)28-20(21)22)3-9-19(25)27-14-5-6-15-13(11-14)4-8-18(24)23-15/h2-3,5-7,9-11,20H,4,8H2,1H3,(H,23,24)/b9-3+. The molecule has 1 amide bonds. The van der Waals surface area contributed by atoms with Crippen molar-refractivity contribution in [2.75, 3.05) is 12.4 Å². The molecule has 2 aromatic rings. The summed E-state index contributed by atoms with van der Waals surface area (Å²) in [6.07, 6.45) is 3.64. The first-order chi connectivity index (χ1) is 13.4. The first-order valence-corrected chi connectivity index (χ1v) is 8.40. The summed E-state index contributed by atoms with van der Waals surface area (Å²) >= 11 is 0. The van der Waals surface area contributed by atoms with Crippen molar-refractivity contribution in [2.24, 2.45) is 0 Å². The molecule has 0 aliphatic carbocycles. The summed E-state index contributed by atoms with van der Waals surface area (Å²) in [5.74, 6) is -0.263. The fourth-order valence-corrected chi connectivity index (χ4v) is 2.72. The summed E-state index contributed by atoms with van der Waals surface area (Å²) < 4.78 is 39.3. The highest BCUT2D eigenvalue weighted by atomic mass is 19.3. The molecular formula is C20H17F2NO5. The zero-order chi connectivity index (χ0) is 20.1. The molecule has 0 bridgehead atoms. The van der Waals surface area contributed by atoms with Gasteiger partial charge in [0.2, 0.25) is 5.91 Å². The highest BCUT2D eigenvalue weighted by molar-refractivity contribution is 5.94.